The number of pyridine rings is 1. The molecule has 13 heavy (non-hydrogen) atoms. The van der Waals surface area contributed by atoms with Crippen LogP contribution in [0.3, 0.4) is 0 Å². The van der Waals surface area contributed by atoms with Crippen molar-refractivity contribution in [3.8, 4) is 0 Å². The van der Waals surface area contributed by atoms with Gasteiger partial charge in [-0.05, 0) is 31.5 Å². The number of aromatic nitrogens is 2. The highest BCUT2D eigenvalue weighted by Gasteiger charge is 2.06. The maximum atomic E-state index is 4.34. The van der Waals surface area contributed by atoms with Gasteiger partial charge in [0.1, 0.15) is 0 Å². The first-order valence-electron chi connectivity index (χ1n) is 4.08. The largest absolute Gasteiger partial charge is 0.346 e. The Morgan fingerprint density at radius 1 is 1.31 bits per heavy atom. The Hall–Kier alpha value is -1.02. The van der Waals surface area contributed by atoms with Crippen molar-refractivity contribution in [1.29, 1.82) is 0 Å². The number of halogens is 1. The number of fused-ring (bicyclic) bond motifs is 1. The Kier molecular flexibility index (Phi) is 2.62. The van der Waals surface area contributed by atoms with Crippen molar-refractivity contribution < 1.29 is 0 Å². The maximum absolute atomic E-state index is 4.34. The van der Waals surface area contributed by atoms with Crippen LogP contribution in [0.2, 0.25) is 0 Å². The van der Waals surface area contributed by atoms with Gasteiger partial charge in [-0.1, -0.05) is 0 Å². The monoisotopic (exact) mass is 196 g/mol. The third-order valence-electron chi connectivity index (χ3n) is 2.55. The van der Waals surface area contributed by atoms with E-state index in [9.17, 15) is 0 Å². The molecule has 0 unspecified atom stereocenters. The van der Waals surface area contributed by atoms with Crippen molar-refractivity contribution in [2.75, 3.05) is 0 Å². The summed E-state index contributed by atoms with van der Waals surface area (Å²) in [4.78, 5) is 4.34. The van der Waals surface area contributed by atoms with Crippen LogP contribution in [-0.2, 0) is 7.05 Å². The lowest BCUT2D eigenvalue weighted by atomic mass is 10.2. The molecule has 0 N–H and O–H groups in total. The van der Waals surface area contributed by atoms with E-state index in [1.165, 1.54) is 16.8 Å². The molecule has 2 rings (SSSR count). The summed E-state index contributed by atoms with van der Waals surface area (Å²) >= 11 is 0. The highest BCUT2D eigenvalue weighted by Crippen LogP contribution is 2.20. The molecule has 0 saturated carbocycles. The van der Waals surface area contributed by atoms with Gasteiger partial charge in [-0.15, -0.1) is 12.4 Å². The van der Waals surface area contributed by atoms with E-state index in [0.29, 0.717) is 0 Å². The SMILES string of the molecule is Cc1c(C)n(C)c2cccnc12.Cl. The molecule has 0 aliphatic rings. The number of hydrogen-bond donors (Lipinski definition) is 0. The maximum Gasteiger partial charge on any atom is 0.0912 e. The van der Waals surface area contributed by atoms with Gasteiger partial charge in [0.15, 0.2) is 0 Å². The zero-order valence-electron chi connectivity index (χ0n) is 8.03. The van der Waals surface area contributed by atoms with Crippen molar-refractivity contribution in [2.24, 2.45) is 7.05 Å². The lowest BCUT2D eigenvalue weighted by molar-refractivity contribution is 0.910. The summed E-state index contributed by atoms with van der Waals surface area (Å²) in [6.07, 6.45) is 1.84. The summed E-state index contributed by atoms with van der Waals surface area (Å²) in [5, 5.41) is 0. The summed E-state index contributed by atoms with van der Waals surface area (Å²) in [5.74, 6) is 0. The van der Waals surface area contributed by atoms with Crippen LogP contribution in [0.15, 0.2) is 18.3 Å². The highest BCUT2D eigenvalue weighted by molar-refractivity contribution is 5.85. The molecule has 3 heteroatoms. The number of hydrogen-bond acceptors (Lipinski definition) is 1. The van der Waals surface area contributed by atoms with E-state index < -0.39 is 0 Å². The molecule has 0 radical (unpaired) electrons. The van der Waals surface area contributed by atoms with Gasteiger partial charge in [0, 0.05) is 18.9 Å². The Balaban J connectivity index is 0.000000845. The van der Waals surface area contributed by atoms with Gasteiger partial charge in [0.05, 0.1) is 11.0 Å². The van der Waals surface area contributed by atoms with E-state index >= 15 is 0 Å². The second kappa shape index (κ2) is 3.38. The van der Waals surface area contributed by atoms with Gasteiger partial charge in [-0.25, -0.2) is 0 Å². The zero-order chi connectivity index (χ0) is 8.72. The van der Waals surface area contributed by atoms with E-state index in [1.54, 1.807) is 0 Å². The minimum absolute atomic E-state index is 0. The first-order chi connectivity index (χ1) is 5.72. The highest BCUT2D eigenvalue weighted by atomic mass is 35.5. The zero-order valence-corrected chi connectivity index (χ0v) is 8.85. The second-order valence-electron chi connectivity index (χ2n) is 3.14. The van der Waals surface area contributed by atoms with Crippen LogP contribution in [0.5, 0.6) is 0 Å². The molecule has 2 heterocycles. The quantitative estimate of drug-likeness (QED) is 0.634. The van der Waals surface area contributed by atoms with Crippen molar-refractivity contribution in [1.82, 2.24) is 9.55 Å². The molecule has 0 amide bonds. The lowest BCUT2D eigenvalue weighted by Gasteiger charge is -1.96. The van der Waals surface area contributed by atoms with Crippen LogP contribution in [0.1, 0.15) is 11.3 Å². The normalized spacial score (nSPS) is 10.1. The first-order valence-corrected chi connectivity index (χ1v) is 4.08. The van der Waals surface area contributed by atoms with E-state index in [2.05, 4.69) is 36.5 Å². The molecule has 0 saturated heterocycles. The minimum Gasteiger partial charge on any atom is -0.346 e. The van der Waals surface area contributed by atoms with Crippen molar-refractivity contribution in [3.05, 3.63) is 29.6 Å². The molecule has 0 fully saturated rings. The Labute approximate surface area is 84.0 Å². The van der Waals surface area contributed by atoms with Crippen LogP contribution in [0.4, 0.5) is 0 Å². The lowest BCUT2D eigenvalue weighted by Crippen LogP contribution is -1.89. The van der Waals surface area contributed by atoms with Crippen molar-refractivity contribution in [2.45, 2.75) is 13.8 Å². The summed E-state index contributed by atoms with van der Waals surface area (Å²) in [5.41, 5.74) is 4.92. The molecule has 0 aromatic carbocycles. The average Bonchev–Trinajstić information content (AvgIpc) is 2.33. The van der Waals surface area contributed by atoms with Gasteiger partial charge in [-0.3, -0.25) is 4.98 Å². The predicted molar refractivity (Wildman–Crippen MR) is 57.4 cm³/mol. The molecular weight excluding hydrogens is 184 g/mol. The summed E-state index contributed by atoms with van der Waals surface area (Å²) in [6.45, 7) is 4.24. The third kappa shape index (κ3) is 1.31. The van der Waals surface area contributed by atoms with E-state index in [-0.39, 0.29) is 12.4 Å². The fraction of sp³-hybridized carbons (Fsp3) is 0.300. The molecule has 2 aromatic rings. The molecule has 0 bridgehead atoms. The molecule has 70 valence electrons. The van der Waals surface area contributed by atoms with E-state index in [4.69, 9.17) is 0 Å². The summed E-state index contributed by atoms with van der Waals surface area (Å²) < 4.78 is 2.18. The second-order valence-corrected chi connectivity index (χ2v) is 3.14. The van der Waals surface area contributed by atoms with Gasteiger partial charge in [0.25, 0.3) is 0 Å². The van der Waals surface area contributed by atoms with E-state index in [0.717, 1.165) is 5.52 Å². The fourth-order valence-electron chi connectivity index (χ4n) is 1.56. The van der Waals surface area contributed by atoms with E-state index in [1.807, 2.05) is 12.3 Å². The Bertz CT molecular complexity index is 393. The molecule has 0 atom stereocenters. The molecule has 0 aliphatic heterocycles. The fourth-order valence-corrected chi connectivity index (χ4v) is 1.56. The van der Waals surface area contributed by atoms with Gasteiger partial charge < -0.3 is 4.57 Å². The molecular formula is C10H13ClN2. The van der Waals surface area contributed by atoms with Crippen LogP contribution >= 0.6 is 12.4 Å². The Morgan fingerprint density at radius 3 is 2.62 bits per heavy atom. The van der Waals surface area contributed by atoms with Crippen LogP contribution < -0.4 is 0 Å². The molecule has 0 spiro atoms. The number of nitrogens with zero attached hydrogens (tertiary/aromatic N) is 2. The Morgan fingerprint density at radius 2 is 2.00 bits per heavy atom. The first kappa shape index (κ1) is 10.1. The van der Waals surface area contributed by atoms with Crippen molar-refractivity contribution in [3.63, 3.8) is 0 Å². The van der Waals surface area contributed by atoms with Crippen LogP contribution in [-0.4, -0.2) is 9.55 Å². The number of rotatable bonds is 0. The third-order valence-corrected chi connectivity index (χ3v) is 2.55. The topological polar surface area (TPSA) is 17.8 Å². The smallest absolute Gasteiger partial charge is 0.0912 e. The predicted octanol–water partition coefficient (Wildman–Crippen LogP) is 2.61. The average molecular weight is 197 g/mol. The van der Waals surface area contributed by atoms with Crippen LogP contribution in [0, 0.1) is 13.8 Å². The molecule has 2 nitrogen and oxygen atoms in total. The van der Waals surface area contributed by atoms with Gasteiger partial charge in [-0.2, -0.15) is 0 Å². The molecule has 0 aliphatic carbocycles. The van der Waals surface area contributed by atoms with Crippen molar-refractivity contribution >= 4 is 23.4 Å². The van der Waals surface area contributed by atoms with Crippen LogP contribution in [0.25, 0.3) is 11.0 Å². The summed E-state index contributed by atoms with van der Waals surface area (Å²) in [6, 6.07) is 4.07. The molecule has 2 aromatic heterocycles. The minimum atomic E-state index is 0. The number of aryl methyl sites for hydroxylation is 2. The van der Waals surface area contributed by atoms with Gasteiger partial charge >= 0.3 is 0 Å². The standard InChI is InChI=1S/C10H12N2.ClH/c1-7-8(2)12(3)9-5-4-6-11-10(7)9;/h4-6H,1-3H3;1H. The van der Waals surface area contributed by atoms with Gasteiger partial charge in [0.2, 0.25) is 0 Å². The summed E-state index contributed by atoms with van der Waals surface area (Å²) in [7, 11) is 2.08.